The second-order valence-electron chi connectivity index (χ2n) is 5.85. The van der Waals surface area contributed by atoms with Gasteiger partial charge < -0.3 is 9.40 Å². The molecule has 0 bridgehead atoms. The van der Waals surface area contributed by atoms with Crippen LogP contribution in [0.3, 0.4) is 0 Å². The maximum Gasteiger partial charge on any atom is 0.367 e. The molecule has 2 aromatic carbocycles. The van der Waals surface area contributed by atoms with Crippen molar-refractivity contribution in [2.75, 3.05) is 0 Å². The number of para-hydroxylation sites is 1. The van der Waals surface area contributed by atoms with Crippen molar-refractivity contribution in [3.05, 3.63) is 84.2 Å². The van der Waals surface area contributed by atoms with E-state index in [0.29, 0.717) is 11.3 Å². The third kappa shape index (κ3) is 2.90. The van der Waals surface area contributed by atoms with Crippen LogP contribution >= 0.6 is 0 Å². The molecule has 0 saturated heterocycles. The molecule has 2 heterocycles. The summed E-state index contributed by atoms with van der Waals surface area (Å²) in [7, 11) is 0. The van der Waals surface area contributed by atoms with E-state index in [2.05, 4.69) is 28.1 Å². The van der Waals surface area contributed by atoms with Crippen molar-refractivity contribution in [1.29, 1.82) is 0 Å². The predicted molar refractivity (Wildman–Crippen MR) is 98.4 cm³/mol. The minimum atomic E-state index is -0.413. The zero-order valence-electron chi connectivity index (χ0n) is 13.7. The van der Waals surface area contributed by atoms with Gasteiger partial charge in [-0.2, -0.15) is 0 Å². The van der Waals surface area contributed by atoms with Crippen molar-refractivity contribution >= 4 is 17.8 Å². The van der Waals surface area contributed by atoms with Gasteiger partial charge in [-0.1, -0.05) is 53.7 Å². The van der Waals surface area contributed by atoms with Crippen LogP contribution in [0.2, 0.25) is 0 Å². The second-order valence-corrected chi connectivity index (χ2v) is 5.85. The molecule has 0 saturated carbocycles. The Morgan fingerprint density at radius 1 is 0.960 bits per heavy atom. The molecule has 0 radical (unpaired) electrons. The molecule has 122 valence electrons. The van der Waals surface area contributed by atoms with Crippen LogP contribution < -0.4 is 0 Å². The number of rotatable bonds is 3. The molecule has 1 aliphatic heterocycles. The van der Waals surface area contributed by atoms with Crippen molar-refractivity contribution in [2.45, 2.75) is 6.92 Å². The van der Waals surface area contributed by atoms with E-state index in [-0.39, 0.29) is 0 Å². The number of nitrogens with zero attached hydrogens (tertiary/aromatic N) is 2. The van der Waals surface area contributed by atoms with Gasteiger partial charge in [-0.3, -0.25) is 0 Å². The average molecular weight is 328 g/mol. The fourth-order valence-corrected chi connectivity index (χ4v) is 2.87. The van der Waals surface area contributed by atoms with Gasteiger partial charge in [-0.25, -0.2) is 4.79 Å². The van der Waals surface area contributed by atoms with Crippen LogP contribution in [0.1, 0.15) is 12.5 Å². The molecule has 4 heteroatoms. The molecule has 0 amide bonds. The van der Waals surface area contributed by atoms with E-state index in [4.69, 9.17) is 4.84 Å². The van der Waals surface area contributed by atoms with Gasteiger partial charge in [-0.05, 0) is 30.7 Å². The quantitative estimate of drug-likeness (QED) is 0.526. The fourth-order valence-electron chi connectivity index (χ4n) is 2.87. The van der Waals surface area contributed by atoms with Crippen LogP contribution in [0.15, 0.2) is 83.8 Å². The van der Waals surface area contributed by atoms with Crippen LogP contribution in [0.4, 0.5) is 0 Å². The Labute approximate surface area is 145 Å². The Morgan fingerprint density at radius 3 is 2.28 bits per heavy atom. The molecular formula is C21H16N2O2. The molecule has 4 nitrogen and oxygen atoms in total. The Morgan fingerprint density at radius 2 is 1.64 bits per heavy atom. The van der Waals surface area contributed by atoms with Gasteiger partial charge in [0.15, 0.2) is 0 Å². The van der Waals surface area contributed by atoms with Gasteiger partial charge in [0, 0.05) is 29.2 Å². The highest BCUT2D eigenvalue weighted by Crippen LogP contribution is 2.29. The molecule has 0 unspecified atom stereocenters. The van der Waals surface area contributed by atoms with E-state index in [1.165, 1.54) is 0 Å². The topological polar surface area (TPSA) is 43.6 Å². The van der Waals surface area contributed by atoms with Crippen LogP contribution in [0.5, 0.6) is 0 Å². The normalized spacial score (nSPS) is 15.3. The van der Waals surface area contributed by atoms with E-state index in [1.807, 2.05) is 60.8 Å². The van der Waals surface area contributed by atoms with Crippen molar-refractivity contribution in [2.24, 2.45) is 5.16 Å². The number of hydrogen-bond acceptors (Lipinski definition) is 3. The number of aromatic nitrogens is 1. The molecule has 0 fully saturated rings. The molecule has 0 aliphatic carbocycles. The van der Waals surface area contributed by atoms with Crippen LogP contribution in [0, 0.1) is 0 Å². The maximum absolute atomic E-state index is 11.9. The Bertz CT molecular complexity index is 983. The summed E-state index contributed by atoms with van der Waals surface area (Å²) < 4.78 is 2.06. The van der Waals surface area contributed by atoms with Gasteiger partial charge >= 0.3 is 5.97 Å². The van der Waals surface area contributed by atoms with Crippen molar-refractivity contribution in [1.82, 2.24) is 4.57 Å². The van der Waals surface area contributed by atoms with Crippen molar-refractivity contribution < 1.29 is 9.63 Å². The smallest absolute Gasteiger partial charge is 0.323 e. The van der Waals surface area contributed by atoms with Gasteiger partial charge in [0.2, 0.25) is 0 Å². The highest BCUT2D eigenvalue weighted by molar-refractivity contribution is 6.24. The SMILES string of the molecule is CC1=NOC(=O)/C1=C/c1cn(-c2ccccc2)cc1-c1ccccc1. The lowest BCUT2D eigenvalue weighted by Crippen LogP contribution is -2.01. The molecular weight excluding hydrogens is 312 g/mol. The maximum atomic E-state index is 11.9. The molecule has 0 spiro atoms. The highest BCUT2D eigenvalue weighted by Gasteiger charge is 2.22. The molecule has 1 aliphatic rings. The molecule has 0 N–H and O–H groups in total. The molecule has 3 aromatic rings. The highest BCUT2D eigenvalue weighted by atomic mass is 16.7. The van der Waals surface area contributed by atoms with Crippen molar-refractivity contribution in [3.8, 4) is 16.8 Å². The van der Waals surface area contributed by atoms with E-state index in [9.17, 15) is 4.79 Å². The predicted octanol–water partition coefficient (Wildman–Crippen LogP) is 4.46. The van der Waals surface area contributed by atoms with E-state index < -0.39 is 5.97 Å². The third-order valence-electron chi connectivity index (χ3n) is 4.17. The first-order chi connectivity index (χ1) is 12.2. The minimum Gasteiger partial charge on any atom is -0.323 e. The van der Waals surface area contributed by atoms with E-state index in [1.54, 1.807) is 6.92 Å². The summed E-state index contributed by atoms with van der Waals surface area (Å²) in [6.07, 6.45) is 5.93. The summed E-state index contributed by atoms with van der Waals surface area (Å²) in [6, 6.07) is 20.2. The van der Waals surface area contributed by atoms with Gasteiger partial charge in [0.1, 0.15) is 0 Å². The van der Waals surface area contributed by atoms with Gasteiger partial charge in [0.05, 0.1) is 11.3 Å². The number of oxime groups is 1. The Balaban J connectivity index is 1.87. The lowest BCUT2D eigenvalue weighted by Gasteiger charge is -2.01. The van der Waals surface area contributed by atoms with Crippen molar-refractivity contribution in [3.63, 3.8) is 0 Å². The van der Waals surface area contributed by atoms with Crippen LogP contribution in [0.25, 0.3) is 22.9 Å². The first-order valence-corrected chi connectivity index (χ1v) is 8.03. The molecule has 0 atom stereocenters. The van der Waals surface area contributed by atoms with Gasteiger partial charge in [-0.15, -0.1) is 0 Å². The summed E-state index contributed by atoms with van der Waals surface area (Å²) in [4.78, 5) is 16.7. The number of carbonyl (C=O) groups excluding carboxylic acids is 1. The molecule has 1 aromatic heterocycles. The fraction of sp³-hybridized carbons (Fsp3) is 0.0476. The standard InChI is InChI=1S/C21H16N2O2/c1-15-19(21(24)25-22-15)12-17-13-23(18-10-6-3-7-11-18)14-20(17)16-8-4-2-5-9-16/h2-14H,1H3/b19-12+. The first kappa shape index (κ1) is 15.1. The van der Waals surface area contributed by atoms with E-state index in [0.717, 1.165) is 22.4 Å². The Kier molecular flexibility index (Phi) is 3.78. The average Bonchev–Trinajstić information content (AvgIpc) is 3.22. The molecule has 4 rings (SSSR count). The van der Waals surface area contributed by atoms with Crippen LogP contribution in [-0.2, 0) is 9.63 Å². The summed E-state index contributed by atoms with van der Waals surface area (Å²) in [5.74, 6) is -0.413. The second kappa shape index (κ2) is 6.24. The Hall–Kier alpha value is -3.40. The summed E-state index contributed by atoms with van der Waals surface area (Å²) in [6.45, 7) is 1.77. The zero-order valence-corrected chi connectivity index (χ0v) is 13.7. The van der Waals surface area contributed by atoms with Crippen LogP contribution in [-0.4, -0.2) is 16.2 Å². The summed E-state index contributed by atoms with van der Waals surface area (Å²) in [5, 5.41) is 3.75. The summed E-state index contributed by atoms with van der Waals surface area (Å²) in [5.41, 5.74) is 5.22. The third-order valence-corrected chi connectivity index (χ3v) is 4.17. The number of carbonyl (C=O) groups is 1. The number of benzene rings is 2. The minimum absolute atomic E-state index is 0.413. The zero-order chi connectivity index (χ0) is 17.2. The van der Waals surface area contributed by atoms with E-state index >= 15 is 0 Å². The lowest BCUT2D eigenvalue weighted by atomic mass is 10.0. The largest absolute Gasteiger partial charge is 0.367 e. The lowest BCUT2D eigenvalue weighted by molar-refractivity contribution is -0.136. The first-order valence-electron chi connectivity index (χ1n) is 8.03. The van der Waals surface area contributed by atoms with Gasteiger partial charge in [0.25, 0.3) is 0 Å². The summed E-state index contributed by atoms with van der Waals surface area (Å²) >= 11 is 0. The monoisotopic (exact) mass is 328 g/mol. The number of hydrogen-bond donors (Lipinski definition) is 0. The molecule has 25 heavy (non-hydrogen) atoms.